The summed E-state index contributed by atoms with van der Waals surface area (Å²) in [7, 11) is -3.69. The molecule has 2 N–H and O–H groups in total. The third kappa shape index (κ3) is 4.22. The van der Waals surface area contributed by atoms with Crippen molar-refractivity contribution >= 4 is 38.9 Å². The van der Waals surface area contributed by atoms with E-state index in [2.05, 4.69) is 0 Å². The van der Waals surface area contributed by atoms with Gasteiger partial charge in [0, 0.05) is 24.0 Å². The third-order valence-electron chi connectivity index (χ3n) is 3.65. The van der Waals surface area contributed by atoms with E-state index in [1.165, 1.54) is 4.31 Å². The lowest BCUT2D eigenvalue weighted by atomic mass is 10.2. The maximum atomic E-state index is 13.0. The van der Waals surface area contributed by atoms with E-state index < -0.39 is 10.0 Å². The van der Waals surface area contributed by atoms with Gasteiger partial charge in [0.1, 0.15) is 0 Å². The fourth-order valence-electron chi connectivity index (χ4n) is 2.29. The molecule has 2 rings (SSSR count). The first-order valence-corrected chi connectivity index (χ1v) is 9.89. The first-order valence-electron chi connectivity index (χ1n) is 7.54. The average Bonchev–Trinajstić information content (AvgIpc) is 2.55. The van der Waals surface area contributed by atoms with Gasteiger partial charge in [0.2, 0.25) is 0 Å². The Hall–Kier alpha value is -1.27. The van der Waals surface area contributed by atoms with Crippen LogP contribution in [-0.2, 0) is 16.6 Å². The molecule has 0 bridgehead atoms. The standard InChI is InChI=1S/C17H20Cl2N2O2S/c1-13-3-7-16(8-4-13)24(22,23)21(10-2-9-18)15-6-5-14(12-20)17(19)11-15/h3-8,11H,2,9-10,12,20H2,1H3. The molecule has 0 fully saturated rings. The molecular weight excluding hydrogens is 367 g/mol. The van der Waals surface area contributed by atoms with Gasteiger partial charge in [0.25, 0.3) is 10.0 Å². The highest BCUT2D eigenvalue weighted by Gasteiger charge is 2.25. The van der Waals surface area contributed by atoms with E-state index in [-0.39, 0.29) is 11.4 Å². The van der Waals surface area contributed by atoms with E-state index in [4.69, 9.17) is 28.9 Å². The highest BCUT2D eigenvalue weighted by atomic mass is 35.5. The summed E-state index contributed by atoms with van der Waals surface area (Å²) in [4.78, 5) is 0.238. The molecule has 7 heteroatoms. The number of alkyl halides is 1. The summed E-state index contributed by atoms with van der Waals surface area (Å²) in [6.07, 6.45) is 0.531. The number of halogens is 2. The molecule has 24 heavy (non-hydrogen) atoms. The largest absolute Gasteiger partial charge is 0.326 e. The Bertz CT molecular complexity index is 793. The summed E-state index contributed by atoms with van der Waals surface area (Å²) in [5, 5.41) is 0.449. The predicted molar refractivity (Wildman–Crippen MR) is 100 cm³/mol. The summed E-state index contributed by atoms with van der Waals surface area (Å²) in [6.45, 7) is 2.48. The number of sulfonamides is 1. The molecule has 0 aliphatic rings. The molecule has 0 saturated carbocycles. The molecule has 0 heterocycles. The average molecular weight is 387 g/mol. The van der Waals surface area contributed by atoms with E-state index in [1.807, 2.05) is 6.92 Å². The summed E-state index contributed by atoms with van der Waals surface area (Å²) >= 11 is 12.0. The van der Waals surface area contributed by atoms with Crippen LogP contribution in [0.5, 0.6) is 0 Å². The molecule has 0 amide bonds. The van der Waals surface area contributed by atoms with Crippen LogP contribution in [0.3, 0.4) is 0 Å². The van der Waals surface area contributed by atoms with Crippen LogP contribution in [0.2, 0.25) is 5.02 Å². The fraction of sp³-hybridized carbons (Fsp3) is 0.294. The molecule has 0 spiro atoms. The summed E-state index contributed by atoms with van der Waals surface area (Å²) in [5.74, 6) is 0.370. The van der Waals surface area contributed by atoms with Gasteiger partial charge in [-0.3, -0.25) is 4.31 Å². The number of aryl methyl sites for hydroxylation is 1. The van der Waals surface area contributed by atoms with Crippen LogP contribution >= 0.6 is 23.2 Å². The van der Waals surface area contributed by atoms with E-state index in [0.717, 1.165) is 11.1 Å². The Kier molecular flexibility index (Phi) is 6.52. The smallest absolute Gasteiger partial charge is 0.264 e. The normalized spacial score (nSPS) is 11.5. The van der Waals surface area contributed by atoms with Crippen molar-refractivity contribution < 1.29 is 8.42 Å². The lowest BCUT2D eigenvalue weighted by Crippen LogP contribution is -2.32. The number of nitrogens with zero attached hydrogens (tertiary/aromatic N) is 1. The van der Waals surface area contributed by atoms with Gasteiger partial charge in [-0.15, -0.1) is 11.6 Å². The molecule has 0 saturated heterocycles. The minimum atomic E-state index is -3.69. The number of benzene rings is 2. The summed E-state index contributed by atoms with van der Waals surface area (Å²) in [6, 6.07) is 11.9. The number of rotatable bonds is 7. The van der Waals surface area contributed by atoms with Crippen LogP contribution in [0.15, 0.2) is 47.4 Å². The predicted octanol–water partition coefficient (Wildman–Crippen LogP) is 3.93. The topological polar surface area (TPSA) is 63.4 Å². The third-order valence-corrected chi connectivity index (χ3v) is 6.11. The van der Waals surface area contributed by atoms with E-state index in [0.29, 0.717) is 29.6 Å². The number of anilines is 1. The Balaban J connectivity index is 2.47. The second kappa shape index (κ2) is 8.21. The van der Waals surface area contributed by atoms with E-state index in [1.54, 1.807) is 42.5 Å². The highest BCUT2D eigenvalue weighted by Crippen LogP contribution is 2.28. The van der Waals surface area contributed by atoms with Crippen LogP contribution in [0.25, 0.3) is 0 Å². The van der Waals surface area contributed by atoms with Crippen LogP contribution in [-0.4, -0.2) is 20.8 Å². The molecule has 2 aromatic carbocycles. The molecule has 4 nitrogen and oxygen atoms in total. The summed E-state index contributed by atoms with van der Waals surface area (Å²) in [5.41, 5.74) is 7.88. The Labute approximate surface area is 153 Å². The van der Waals surface area contributed by atoms with Gasteiger partial charge < -0.3 is 5.73 Å². The molecule has 0 aromatic heterocycles. The maximum absolute atomic E-state index is 13.0. The number of hydrogen-bond donors (Lipinski definition) is 1. The zero-order valence-corrected chi connectivity index (χ0v) is 15.7. The molecule has 2 aromatic rings. The van der Waals surface area contributed by atoms with Crippen molar-refractivity contribution in [3.8, 4) is 0 Å². The first-order chi connectivity index (χ1) is 11.4. The number of hydrogen-bond acceptors (Lipinski definition) is 3. The highest BCUT2D eigenvalue weighted by molar-refractivity contribution is 7.92. The van der Waals surface area contributed by atoms with Gasteiger partial charge in [-0.25, -0.2) is 8.42 Å². The number of nitrogens with two attached hydrogens (primary N) is 1. The van der Waals surface area contributed by atoms with Crippen LogP contribution in [0.1, 0.15) is 17.5 Å². The Morgan fingerprint density at radius 2 is 1.79 bits per heavy atom. The molecule has 0 aliphatic carbocycles. The quantitative estimate of drug-likeness (QED) is 0.733. The molecule has 0 radical (unpaired) electrons. The van der Waals surface area contributed by atoms with Crippen molar-refractivity contribution in [3.05, 3.63) is 58.6 Å². The van der Waals surface area contributed by atoms with E-state index >= 15 is 0 Å². The van der Waals surface area contributed by atoms with E-state index in [9.17, 15) is 8.42 Å². The minimum Gasteiger partial charge on any atom is -0.326 e. The molecule has 0 unspecified atom stereocenters. The zero-order valence-electron chi connectivity index (χ0n) is 13.4. The lowest BCUT2D eigenvalue weighted by molar-refractivity contribution is 0.590. The van der Waals surface area contributed by atoms with Crippen LogP contribution in [0, 0.1) is 6.92 Å². The van der Waals surface area contributed by atoms with Crippen molar-refractivity contribution in [2.24, 2.45) is 5.73 Å². The van der Waals surface area contributed by atoms with Crippen molar-refractivity contribution in [1.29, 1.82) is 0 Å². The molecule has 0 atom stereocenters. The SMILES string of the molecule is Cc1ccc(S(=O)(=O)N(CCCCl)c2ccc(CN)c(Cl)c2)cc1. The van der Waals surface area contributed by atoms with Crippen molar-refractivity contribution in [3.63, 3.8) is 0 Å². The van der Waals surface area contributed by atoms with Crippen molar-refractivity contribution in [1.82, 2.24) is 0 Å². The molecule has 0 aliphatic heterocycles. The molecular formula is C17H20Cl2N2O2S. The van der Waals surface area contributed by atoms with Gasteiger partial charge in [-0.1, -0.05) is 35.4 Å². The van der Waals surface area contributed by atoms with Gasteiger partial charge >= 0.3 is 0 Å². The van der Waals surface area contributed by atoms with Gasteiger partial charge in [-0.05, 0) is 43.2 Å². The van der Waals surface area contributed by atoms with Crippen molar-refractivity contribution in [2.75, 3.05) is 16.7 Å². The minimum absolute atomic E-state index is 0.238. The fourth-order valence-corrected chi connectivity index (χ4v) is 4.15. The second-order valence-corrected chi connectivity index (χ2v) is 8.06. The monoisotopic (exact) mass is 386 g/mol. The Morgan fingerprint density at radius 3 is 2.33 bits per heavy atom. The Morgan fingerprint density at radius 1 is 1.12 bits per heavy atom. The van der Waals surface area contributed by atoms with Crippen molar-refractivity contribution in [2.45, 2.75) is 24.8 Å². The summed E-state index contributed by atoms with van der Waals surface area (Å²) < 4.78 is 27.4. The zero-order chi connectivity index (χ0) is 17.7. The first kappa shape index (κ1) is 19.1. The van der Waals surface area contributed by atoms with Gasteiger partial charge in [-0.2, -0.15) is 0 Å². The lowest BCUT2D eigenvalue weighted by Gasteiger charge is -2.25. The van der Waals surface area contributed by atoms with Gasteiger partial charge in [0.15, 0.2) is 0 Å². The maximum Gasteiger partial charge on any atom is 0.264 e. The molecule has 130 valence electrons. The van der Waals surface area contributed by atoms with Crippen LogP contribution < -0.4 is 10.0 Å². The van der Waals surface area contributed by atoms with Crippen LogP contribution in [0.4, 0.5) is 5.69 Å². The van der Waals surface area contributed by atoms with Gasteiger partial charge in [0.05, 0.1) is 10.6 Å². The second-order valence-electron chi connectivity index (χ2n) is 5.41.